The SMILES string of the molecule is O=C(N1CCOC[C@H](Cc2cnc3ccccc3c2)C1)C1(c2ccccc2F)CCOCC1. The minimum atomic E-state index is -0.886. The molecule has 0 unspecified atom stereocenters. The predicted molar refractivity (Wildman–Crippen MR) is 124 cm³/mol. The van der Waals surface area contributed by atoms with Crippen molar-refractivity contribution in [1.29, 1.82) is 0 Å². The third-order valence-electron chi connectivity index (χ3n) is 6.94. The van der Waals surface area contributed by atoms with E-state index in [9.17, 15) is 9.18 Å². The van der Waals surface area contributed by atoms with E-state index in [1.165, 1.54) is 6.07 Å². The molecule has 3 heterocycles. The van der Waals surface area contributed by atoms with Gasteiger partial charge in [0.15, 0.2) is 0 Å². The summed E-state index contributed by atoms with van der Waals surface area (Å²) in [5.74, 6) is -0.183. The van der Waals surface area contributed by atoms with Crippen molar-refractivity contribution in [2.75, 3.05) is 39.5 Å². The lowest BCUT2D eigenvalue weighted by Gasteiger charge is -2.40. The molecule has 0 aliphatic carbocycles. The Balaban J connectivity index is 1.39. The number of hydrogen-bond donors (Lipinski definition) is 0. The molecule has 5 nitrogen and oxygen atoms in total. The molecule has 1 amide bonds. The van der Waals surface area contributed by atoms with Gasteiger partial charge in [-0.2, -0.15) is 0 Å². The molecule has 0 radical (unpaired) electrons. The van der Waals surface area contributed by atoms with Crippen LogP contribution in [0.2, 0.25) is 0 Å². The number of carbonyl (C=O) groups excluding carboxylic acids is 1. The van der Waals surface area contributed by atoms with Gasteiger partial charge in [-0.15, -0.1) is 0 Å². The Hall–Kier alpha value is -2.83. The Labute approximate surface area is 193 Å². The maximum Gasteiger partial charge on any atom is 0.233 e. The van der Waals surface area contributed by atoms with Crippen LogP contribution in [0.1, 0.15) is 24.0 Å². The maximum atomic E-state index is 14.9. The van der Waals surface area contributed by atoms with Crippen molar-refractivity contribution in [3.63, 3.8) is 0 Å². The first kappa shape index (κ1) is 22.0. The van der Waals surface area contributed by atoms with E-state index in [4.69, 9.17) is 9.47 Å². The van der Waals surface area contributed by atoms with Crippen LogP contribution in [0.4, 0.5) is 4.39 Å². The van der Waals surface area contributed by atoms with Crippen molar-refractivity contribution in [3.05, 3.63) is 77.7 Å². The zero-order valence-corrected chi connectivity index (χ0v) is 18.7. The highest BCUT2D eigenvalue weighted by Gasteiger charge is 2.46. The molecule has 0 bridgehead atoms. The Morgan fingerprint density at radius 1 is 1.06 bits per heavy atom. The van der Waals surface area contributed by atoms with Crippen molar-refractivity contribution in [2.45, 2.75) is 24.7 Å². The standard InChI is InChI=1S/C27H29FN2O3/c28-24-7-3-2-6-23(24)27(9-12-32-13-10-27)26(31)30-11-14-33-19-21(18-30)15-20-16-22-5-1-4-8-25(22)29-17-20/h1-8,16-17,21H,9-15,18-19H2/t21-/m1/s1. The van der Waals surface area contributed by atoms with E-state index in [1.807, 2.05) is 35.4 Å². The summed E-state index contributed by atoms with van der Waals surface area (Å²) in [6, 6.07) is 16.9. The summed E-state index contributed by atoms with van der Waals surface area (Å²) >= 11 is 0. The van der Waals surface area contributed by atoms with Gasteiger partial charge in [-0.05, 0) is 43.0 Å². The molecule has 2 aliphatic rings. The van der Waals surface area contributed by atoms with Gasteiger partial charge in [0, 0.05) is 49.4 Å². The summed E-state index contributed by atoms with van der Waals surface area (Å²) in [5, 5.41) is 1.11. The van der Waals surface area contributed by atoms with E-state index < -0.39 is 5.41 Å². The molecule has 1 aromatic heterocycles. The van der Waals surface area contributed by atoms with Crippen molar-refractivity contribution >= 4 is 16.8 Å². The number of rotatable bonds is 4. The maximum absolute atomic E-state index is 14.9. The van der Waals surface area contributed by atoms with Gasteiger partial charge in [-0.3, -0.25) is 9.78 Å². The zero-order valence-electron chi connectivity index (χ0n) is 18.7. The number of para-hydroxylation sites is 1. The minimum Gasteiger partial charge on any atom is -0.381 e. The molecule has 0 saturated carbocycles. The highest BCUT2D eigenvalue weighted by Crippen LogP contribution is 2.38. The van der Waals surface area contributed by atoms with Gasteiger partial charge in [-0.1, -0.05) is 36.4 Å². The van der Waals surface area contributed by atoms with Crippen LogP contribution >= 0.6 is 0 Å². The molecule has 1 atom stereocenters. The number of fused-ring (bicyclic) bond motifs is 1. The van der Waals surface area contributed by atoms with Crippen LogP contribution in [0.15, 0.2) is 60.8 Å². The average Bonchev–Trinajstić information content (AvgIpc) is 3.10. The van der Waals surface area contributed by atoms with Gasteiger partial charge >= 0.3 is 0 Å². The smallest absolute Gasteiger partial charge is 0.233 e. The fourth-order valence-electron chi connectivity index (χ4n) is 5.22. The van der Waals surface area contributed by atoms with E-state index >= 15 is 0 Å². The molecule has 6 heteroatoms. The quantitative estimate of drug-likeness (QED) is 0.602. The van der Waals surface area contributed by atoms with Gasteiger partial charge in [0.2, 0.25) is 5.91 Å². The van der Waals surface area contributed by atoms with Gasteiger partial charge in [0.25, 0.3) is 0 Å². The molecule has 172 valence electrons. The lowest BCUT2D eigenvalue weighted by atomic mass is 9.72. The minimum absolute atomic E-state index is 0.0111. The van der Waals surface area contributed by atoms with E-state index in [0.717, 1.165) is 22.9 Å². The number of carbonyl (C=O) groups is 1. The number of nitrogens with zero attached hydrogens (tertiary/aromatic N) is 2. The van der Waals surface area contributed by atoms with E-state index in [1.54, 1.807) is 12.1 Å². The molecular formula is C27H29FN2O3. The number of hydrogen-bond acceptors (Lipinski definition) is 4. The summed E-state index contributed by atoms with van der Waals surface area (Å²) in [7, 11) is 0. The largest absolute Gasteiger partial charge is 0.381 e. The summed E-state index contributed by atoms with van der Waals surface area (Å²) < 4.78 is 26.3. The first-order chi connectivity index (χ1) is 16.2. The molecule has 0 N–H and O–H groups in total. The average molecular weight is 449 g/mol. The molecule has 2 saturated heterocycles. The Bertz CT molecular complexity index is 1130. The number of ether oxygens (including phenoxy) is 2. The summed E-state index contributed by atoms with van der Waals surface area (Å²) in [6.07, 6.45) is 3.67. The van der Waals surface area contributed by atoms with E-state index in [0.29, 0.717) is 57.9 Å². The summed E-state index contributed by atoms with van der Waals surface area (Å²) in [4.78, 5) is 20.5. The highest BCUT2D eigenvalue weighted by atomic mass is 19.1. The van der Waals surface area contributed by atoms with Gasteiger partial charge in [0.05, 0.1) is 24.1 Å². The second-order valence-electron chi connectivity index (χ2n) is 9.11. The molecule has 0 spiro atoms. The molecule has 2 aliphatic heterocycles. The van der Waals surface area contributed by atoms with Crippen LogP contribution in [0.5, 0.6) is 0 Å². The Kier molecular flexibility index (Phi) is 6.38. The van der Waals surface area contributed by atoms with Crippen LogP contribution < -0.4 is 0 Å². The first-order valence-electron chi connectivity index (χ1n) is 11.7. The Morgan fingerprint density at radius 2 is 1.85 bits per heavy atom. The van der Waals surface area contributed by atoms with Crippen LogP contribution in [-0.2, 0) is 26.1 Å². The summed E-state index contributed by atoms with van der Waals surface area (Å²) in [5.41, 5.74) is 1.70. The first-order valence-corrected chi connectivity index (χ1v) is 11.7. The van der Waals surface area contributed by atoms with E-state index in [2.05, 4.69) is 17.1 Å². The molecule has 3 aromatic rings. The van der Waals surface area contributed by atoms with Crippen LogP contribution in [0.3, 0.4) is 0 Å². The second kappa shape index (κ2) is 9.57. The Morgan fingerprint density at radius 3 is 2.70 bits per heavy atom. The van der Waals surface area contributed by atoms with Gasteiger partial charge < -0.3 is 14.4 Å². The topological polar surface area (TPSA) is 51.7 Å². The van der Waals surface area contributed by atoms with Crippen LogP contribution in [-0.4, -0.2) is 55.3 Å². The lowest BCUT2D eigenvalue weighted by molar-refractivity contribution is -0.142. The number of amides is 1. The third kappa shape index (κ3) is 4.50. The van der Waals surface area contributed by atoms with Gasteiger partial charge in [-0.25, -0.2) is 4.39 Å². The number of pyridine rings is 1. The van der Waals surface area contributed by atoms with Crippen molar-refractivity contribution in [3.8, 4) is 0 Å². The van der Waals surface area contributed by atoms with Gasteiger partial charge in [0.1, 0.15) is 5.82 Å². The lowest BCUT2D eigenvalue weighted by Crippen LogP contribution is -2.51. The van der Waals surface area contributed by atoms with E-state index in [-0.39, 0.29) is 17.6 Å². The molecule has 5 rings (SSSR count). The monoisotopic (exact) mass is 448 g/mol. The van der Waals surface area contributed by atoms with Crippen molar-refractivity contribution in [2.24, 2.45) is 5.92 Å². The molecule has 2 aromatic carbocycles. The third-order valence-corrected chi connectivity index (χ3v) is 6.94. The van der Waals surface area contributed by atoms with Crippen molar-refractivity contribution in [1.82, 2.24) is 9.88 Å². The number of benzene rings is 2. The summed E-state index contributed by atoms with van der Waals surface area (Å²) in [6.45, 7) is 3.09. The molecule has 33 heavy (non-hydrogen) atoms. The van der Waals surface area contributed by atoms with Crippen LogP contribution in [0, 0.1) is 11.7 Å². The molecular weight excluding hydrogens is 419 g/mol. The second-order valence-corrected chi connectivity index (χ2v) is 9.11. The molecule has 2 fully saturated rings. The number of aromatic nitrogens is 1. The zero-order chi connectivity index (χ0) is 22.7. The number of halogens is 1. The van der Waals surface area contributed by atoms with Crippen LogP contribution in [0.25, 0.3) is 10.9 Å². The fourth-order valence-corrected chi connectivity index (χ4v) is 5.22. The normalized spacial score (nSPS) is 21.0. The fraction of sp³-hybridized carbons (Fsp3) is 0.407. The predicted octanol–water partition coefficient (Wildman–Crippen LogP) is 4.14. The highest BCUT2D eigenvalue weighted by molar-refractivity contribution is 5.88. The van der Waals surface area contributed by atoms with Crippen molar-refractivity contribution < 1.29 is 18.7 Å².